The quantitative estimate of drug-likeness (QED) is 0.377. The highest BCUT2D eigenvalue weighted by molar-refractivity contribution is 6.42. The molecule has 22 heavy (non-hydrogen) atoms. The highest BCUT2D eigenvalue weighted by Gasteiger charge is 2.06. The Kier molecular flexibility index (Phi) is 4.48. The fourth-order valence-corrected chi connectivity index (χ4v) is 2.59. The van der Waals surface area contributed by atoms with Gasteiger partial charge in [0.05, 0.1) is 16.3 Å². The van der Waals surface area contributed by atoms with Crippen LogP contribution in [0.2, 0.25) is 15.2 Å². The lowest BCUT2D eigenvalue weighted by molar-refractivity contribution is 1.23. The number of benzene rings is 2. The van der Waals surface area contributed by atoms with Crippen molar-refractivity contribution in [1.29, 1.82) is 0 Å². The Labute approximate surface area is 142 Å². The van der Waals surface area contributed by atoms with Crippen LogP contribution in [0, 0.1) is 0 Å². The van der Waals surface area contributed by atoms with E-state index >= 15 is 0 Å². The highest BCUT2D eigenvalue weighted by Crippen LogP contribution is 2.28. The molecule has 0 saturated heterocycles. The maximum atomic E-state index is 6.04. The summed E-state index contributed by atoms with van der Waals surface area (Å²) in [5, 5.41) is 7.26. The Balaban J connectivity index is 1.87. The van der Waals surface area contributed by atoms with Crippen molar-refractivity contribution >= 4 is 57.6 Å². The van der Waals surface area contributed by atoms with Crippen molar-refractivity contribution in [2.75, 3.05) is 5.43 Å². The Morgan fingerprint density at radius 2 is 1.73 bits per heavy atom. The van der Waals surface area contributed by atoms with Gasteiger partial charge < -0.3 is 0 Å². The Morgan fingerprint density at radius 3 is 2.59 bits per heavy atom. The zero-order valence-corrected chi connectivity index (χ0v) is 13.5. The van der Waals surface area contributed by atoms with Crippen LogP contribution >= 0.6 is 34.8 Å². The van der Waals surface area contributed by atoms with Gasteiger partial charge >= 0.3 is 0 Å². The second-order valence-electron chi connectivity index (χ2n) is 4.53. The van der Waals surface area contributed by atoms with E-state index in [1.165, 1.54) is 6.07 Å². The van der Waals surface area contributed by atoms with E-state index in [9.17, 15) is 0 Å². The smallest absolute Gasteiger partial charge is 0.166 e. The van der Waals surface area contributed by atoms with E-state index in [1.54, 1.807) is 6.21 Å². The Bertz CT molecular complexity index is 857. The predicted molar refractivity (Wildman–Crippen MR) is 94.4 cm³/mol. The topological polar surface area (TPSA) is 37.3 Å². The molecule has 110 valence electrons. The maximum Gasteiger partial charge on any atom is 0.166 e. The number of nitrogens with one attached hydrogen (secondary N) is 1. The molecule has 0 unspecified atom stereocenters. The molecule has 3 rings (SSSR count). The monoisotopic (exact) mass is 349 g/mol. The molecular formula is C16H10Cl3N3. The molecule has 2 aromatic carbocycles. The van der Waals surface area contributed by atoms with Gasteiger partial charge in [0, 0.05) is 5.56 Å². The van der Waals surface area contributed by atoms with Crippen LogP contribution < -0.4 is 5.43 Å². The number of hydrazone groups is 1. The summed E-state index contributed by atoms with van der Waals surface area (Å²) in [6.45, 7) is 0. The normalized spacial score (nSPS) is 11.2. The van der Waals surface area contributed by atoms with Gasteiger partial charge in [-0.2, -0.15) is 5.10 Å². The van der Waals surface area contributed by atoms with Crippen LogP contribution in [0.4, 0.5) is 5.82 Å². The molecule has 1 N–H and O–H groups in total. The van der Waals surface area contributed by atoms with Crippen LogP contribution in [0.25, 0.3) is 10.8 Å². The van der Waals surface area contributed by atoms with Gasteiger partial charge in [0.25, 0.3) is 0 Å². The molecule has 0 bridgehead atoms. The summed E-state index contributed by atoms with van der Waals surface area (Å²) in [4.78, 5) is 4.04. The first-order valence-electron chi connectivity index (χ1n) is 6.43. The standard InChI is InChI=1S/C16H10Cl3N3/c17-13-8-14(18)16(21-15(13)19)22-20-9-11-6-3-5-10-4-1-2-7-12(10)11/h1-9H,(H,21,22)/b20-9-. The van der Waals surface area contributed by atoms with Gasteiger partial charge in [-0.25, -0.2) is 4.98 Å². The summed E-state index contributed by atoms with van der Waals surface area (Å²) in [7, 11) is 0. The molecule has 3 aromatic rings. The summed E-state index contributed by atoms with van der Waals surface area (Å²) < 4.78 is 0. The molecule has 0 fully saturated rings. The molecule has 3 nitrogen and oxygen atoms in total. The van der Waals surface area contributed by atoms with E-state index in [1.807, 2.05) is 30.3 Å². The zero-order valence-electron chi connectivity index (χ0n) is 11.2. The molecule has 0 saturated carbocycles. The van der Waals surface area contributed by atoms with Crippen LogP contribution in [0.1, 0.15) is 5.56 Å². The average molecular weight is 351 g/mol. The Morgan fingerprint density at radius 1 is 0.955 bits per heavy atom. The van der Waals surface area contributed by atoms with Gasteiger partial charge in [0.1, 0.15) is 5.15 Å². The lowest BCUT2D eigenvalue weighted by atomic mass is 10.1. The third-order valence-electron chi connectivity index (χ3n) is 3.08. The summed E-state index contributed by atoms with van der Waals surface area (Å²) in [6, 6.07) is 15.6. The number of nitrogens with zero attached hydrogens (tertiary/aromatic N) is 2. The molecule has 0 atom stereocenters. The first-order valence-corrected chi connectivity index (χ1v) is 7.57. The molecule has 0 aliphatic heterocycles. The number of hydrogen-bond acceptors (Lipinski definition) is 3. The van der Waals surface area contributed by atoms with E-state index < -0.39 is 0 Å². The molecular weight excluding hydrogens is 341 g/mol. The molecule has 0 amide bonds. The number of anilines is 1. The van der Waals surface area contributed by atoms with Gasteiger partial charge in [0.2, 0.25) is 0 Å². The summed E-state index contributed by atoms with van der Waals surface area (Å²) >= 11 is 17.7. The van der Waals surface area contributed by atoms with Gasteiger partial charge in [0.15, 0.2) is 5.82 Å². The number of halogens is 3. The average Bonchev–Trinajstić information content (AvgIpc) is 2.52. The Hall–Kier alpha value is -1.81. The van der Waals surface area contributed by atoms with Crippen molar-refractivity contribution in [3.8, 4) is 0 Å². The summed E-state index contributed by atoms with van der Waals surface area (Å²) in [5.41, 5.74) is 3.77. The lowest BCUT2D eigenvalue weighted by Gasteiger charge is -2.05. The van der Waals surface area contributed by atoms with E-state index in [0.29, 0.717) is 15.9 Å². The predicted octanol–water partition coefficient (Wildman–Crippen LogP) is 5.64. The molecule has 0 radical (unpaired) electrons. The third kappa shape index (κ3) is 3.17. The highest BCUT2D eigenvalue weighted by atomic mass is 35.5. The fraction of sp³-hybridized carbons (Fsp3) is 0. The van der Waals surface area contributed by atoms with Crippen molar-refractivity contribution in [3.63, 3.8) is 0 Å². The van der Waals surface area contributed by atoms with E-state index in [2.05, 4.69) is 27.6 Å². The second kappa shape index (κ2) is 6.53. The lowest BCUT2D eigenvalue weighted by Crippen LogP contribution is -1.95. The van der Waals surface area contributed by atoms with Crippen molar-refractivity contribution in [2.24, 2.45) is 5.10 Å². The van der Waals surface area contributed by atoms with Crippen LogP contribution in [-0.2, 0) is 0 Å². The number of fused-ring (bicyclic) bond motifs is 1. The molecule has 1 aromatic heterocycles. The SMILES string of the molecule is Clc1cc(Cl)c(N/N=C\c2cccc3ccccc23)nc1Cl. The second-order valence-corrected chi connectivity index (χ2v) is 5.70. The van der Waals surface area contributed by atoms with Gasteiger partial charge in [-0.05, 0) is 16.8 Å². The summed E-state index contributed by atoms with van der Waals surface area (Å²) in [6.07, 6.45) is 1.71. The van der Waals surface area contributed by atoms with Gasteiger partial charge in [-0.3, -0.25) is 5.43 Å². The minimum atomic E-state index is 0.175. The molecule has 6 heteroatoms. The maximum absolute atomic E-state index is 6.04. The van der Waals surface area contributed by atoms with Crippen molar-refractivity contribution in [3.05, 3.63) is 69.3 Å². The minimum Gasteiger partial charge on any atom is -0.260 e. The molecule has 0 aliphatic rings. The van der Waals surface area contributed by atoms with Crippen LogP contribution in [0.5, 0.6) is 0 Å². The van der Waals surface area contributed by atoms with Crippen LogP contribution in [-0.4, -0.2) is 11.2 Å². The number of aromatic nitrogens is 1. The molecule has 0 aliphatic carbocycles. The van der Waals surface area contributed by atoms with Crippen molar-refractivity contribution in [2.45, 2.75) is 0 Å². The number of rotatable bonds is 3. The number of pyridine rings is 1. The van der Waals surface area contributed by atoms with Gasteiger partial charge in [-0.15, -0.1) is 0 Å². The minimum absolute atomic E-state index is 0.175. The largest absolute Gasteiger partial charge is 0.260 e. The van der Waals surface area contributed by atoms with Crippen LogP contribution in [0.15, 0.2) is 53.6 Å². The van der Waals surface area contributed by atoms with E-state index in [-0.39, 0.29) is 5.15 Å². The van der Waals surface area contributed by atoms with Crippen molar-refractivity contribution < 1.29 is 0 Å². The van der Waals surface area contributed by atoms with Crippen molar-refractivity contribution in [1.82, 2.24) is 4.98 Å². The first-order chi connectivity index (χ1) is 10.6. The van der Waals surface area contributed by atoms with Gasteiger partial charge in [-0.1, -0.05) is 77.3 Å². The first kappa shape index (κ1) is 15.1. The van der Waals surface area contributed by atoms with Crippen LogP contribution in [0.3, 0.4) is 0 Å². The zero-order chi connectivity index (χ0) is 15.5. The summed E-state index contributed by atoms with van der Waals surface area (Å²) in [5.74, 6) is 0.354. The molecule has 1 heterocycles. The van der Waals surface area contributed by atoms with E-state index in [4.69, 9.17) is 34.8 Å². The fourth-order valence-electron chi connectivity index (χ4n) is 2.05. The van der Waals surface area contributed by atoms with E-state index in [0.717, 1.165) is 16.3 Å². The number of hydrogen-bond donors (Lipinski definition) is 1. The third-order valence-corrected chi connectivity index (χ3v) is 4.05. The molecule has 0 spiro atoms.